The molecule has 5 nitrogen and oxygen atoms in total. The fraction of sp³-hybridized carbons (Fsp3) is 0.190. The molecule has 1 unspecified atom stereocenters. The van der Waals surface area contributed by atoms with Crippen molar-refractivity contribution in [1.29, 1.82) is 0 Å². The van der Waals surface area contributed by atoms with Gasteiger partial charge in [-0.1, -0.05) is 55.1 Å². The molecule has 28 heavy (non-hydrogen) atoms. The zero-order chi connectivity index (χ0) is 20.1. The van der Waals surface area contributed by atoms with Gasteiger partial charge in [0.2, 0.25) is 0 Å². The van der Waals surface area contributed by atoms with Gasteiger partial charge < -0.3 is 4.74 Å². The molecule has 0 saturated carbocycles. The first kappa shape index (κ1) is 20.1. The second kappa shape index (κ2) is 9.03. The first-order valence-corrected chi connectivity index (χ1v) is 10.1. The third-order valence-electron chi connectivity index (χ3n) is 4.15. The van der Waals surface area contributed by atoms with Crippen LogP contribution in [0.2, 0.25) is 0 Å². The number of ether oxygens (including phenoxy) is 1. The van der Waals surface area contributed by atoms with Crippen LogP contribution in [0.1, 0.15) is 36.2 Å². The van der Waals surface area contributed by atoms with Gasteiger partial charge in [-0.05, 0) is 49.8 Å². The minimum atomic E-state index is -0.390. The Bertz CT molecular complexity index is 928. The Morgan fingerprint density at radius 2 is 1.89 bits per heavy atom. The van der Waals surface area contributed by atoms with Crippen molar-refractivity contribution in [3.8, 4) is 5.75 Å². The Hall–Kier alpha value is -2.64. The van der Waals surface area contributed by atoms with Gasteiger partial charge in [0.1, 0.15) is 5.75 Å². The SMILES string of the molecule is CCC(C)Oc1ccccc1C=C1SC(=S)N(NC(=O)c2ccccc2)C1=O. The molecule has 144 valence electrons. The highest BCUT2D eigenvalue weighted by Gasteiger charge is 2.34. The van der Waals surface area contributed by atoms with E-state index in [2.05, 4.69) is 5.43 Å². The molecule has 2 aromatic rings. The summed E-state index contributed by atoms with van der Waals surface area (Å²) in [7, 11) is 0. The molecule has 1 heterocycles. The molecule has 1 atom stereocenters. The first-order chi connectivity index (χ1) is 13.5. The highest BCUT2D eigenvalue weighted by atomic mass is 32.2. The quantitative estimate of drug-likeness (QED) is 0.563. The minimum absolute atomic E-state index is 0.0641. The summed E-state index contributed by atoms with van der Waals surface area (Å²) >= 11 is 6.43. The van der Waals surface area contributed by atoms with Crippen LogP contribution >= 0.6 is 24.0 Å². The van der Waals surface area contributed by atoms with Crippen molar-refractivity contribution in [1.82, 2.24) is 10.4 Å². The lowest BCUT2D eigenvalue weighted by atomic mass is 10.1. The number of hydrazine groups is 1. The molecule has 1 N–H and O–H groups in total. The smallest absolute Gasteiger partial charge is 0.285 e. The molecule has 0 bridgehead atoms. The van der Waals surface area contributed by atoms with E-state index in [4.69, 9.17) is 17.0 Å². The first-order valence-electron chi connectivity index (χ1n) is 8.89. The monoisotopic (exact) mass is 412 g/mol. The molecule has 2 aromatic carbocycles. The van der Waals surface area contributed by atoms with Crippen LogP contribution in [-0.4, -0.2) is 27.2 Å². The van der Waals surface area contributed by atoms with Gasteiger partial charge >= 0.3 is 0 Å². The number of hydrogen-bond donors (Lipinski definition) is 1. The number of benzene rings is 2. The molecule has 0 aromatic heterocycles. The fourth-order valence-electron chi connectivity index (χ4n) is 2.47. The highest BCUT2D eigenvalue weighted by Crippen LogP contribution is 2.33. The summed E-state index contributed by atoms with van der Waals surface area (Å²) in [5.74, 6) is -0.0493. The van der Waals surface area contributed by atoms with E-state index >= 15 is 0 Å². The maximum atomic E-state index is 12.8. The Kier molecular flexibility index (Phi) is 6.49. The van der Waals surface area contributed by atoms with Crippen LogP contribution in [0, 0.1) is 0 Å². The average Bonchev–Trinajstić information content (AvgIpc) is 2.97. The normalized spacial score (nSPS) is 16.4. The number of para-hydroxylation sites is 1. The van der Waals surface area contributed by atoms with E-state index in [-0.39, 0.29) is 16.3 Å². The van der Waals surface area contributed by atoms with E-state index in [1.165, 1.54) is 0 Å². The molecule has 3 rings (SSSR count). The topological polar surface area (TPSA) is 58.6 Å². The van der Waals surface area contributed by atoms with Crippen LogP contribution < -0.4 is 10.2 Å². The van der Waals surface area contributed by atoms with E-state index in [0.717, 1.165) is 28.8 Å². The third-order valence-corrected chi connectivity index (χ3v) is 5.45. The van der Waals surface area contributed by atoms with E-state index < -0.39 is 5.91 Å². The zero-order valence-corrected chi connectivity index (χ0v) is 17.2. The fourth-order valence-corrected chi connectivity index (χ4v) is 3.64. The Labute approximate surface area is 173 Å². The second-order valence-corrected chi connectivity index (χ2v) is 7.87. The van der Waals surface area contributed by atoms with Crippen molar-refractivity contribution < 1.29 is 14.3 Å². The van der Waals surface area contributed by atoms with Crippen molar-refractivity contribution in [3.05, 3.63) is 70.6 Å². The number of thiocarbonyl (C=S) groups is 1. The van der Waals surface area contributed by atoms with Gasteiger partial charge in [0, 0.05) is 11.1 Å². The van der Waals surface area contributed by atoms with Gasteiger partial charge in [-0.3, -0.25) is 15.0 Å². The van der Waals surface area contributed by atoms with Crippen molar-refractivity contribution in [2.45, 2.75) is 26.4 Å². The maximum absolute atomic E-state index is 12.8. The molecular weight excluding hydrogens is 392 g/mol. The van der Waals surface area contributed by atoms with Crippen LogP contribution in [0.4, 0.5) is 0 Å². The lowest BCUT2D eigenvalue weighted by Crippen LogP contribution is -2.44. The van der Waals surface area contributed by atoms with Gasteiger partial charge in [-0.25, -0.2) is 0 Å². The van der Waals surface area contributed by atoms with Crippen LogP contribution in [-0.2, 0) is 4.79 Å². The van der Waals surface area contributed by atoms with E-state index in [1.807, 2.05) is 44.2 Å². The molecule has 2 amide bonds. The molecule has 1 saturated heterocycles. The predicted octanol–water partition coefficient (Wildman–Crippen LogP) is 4.41. The van der Waals surface area contributed by atoms with Crippen LogP contribution in [0.15, 0.2) is 59.5 Å². The molecule has 1 aliphatic heterocycles. The molecule has 0 radical (unpaired) electrons. The number of hydrogen-bond acceptors (Lipinski definition) is 5. The number of carbonyl (C=O) groups is 2. The number of amides is 2. The maximum Gasteiger partial charge on any atom is 0.285 e. The molecular formula is C21H20N2O3S2. The summed E-state index contributed by atoms with van der Waals surface area (Å²) in [6.45, 7) is 4.04. The molecule has 0 aliphatic carbocycles. The Morgan fingerprint density at radius 3 is 2.61 bits per heavy atom. The minimum Gasteiger partial charge on any atom is -0.490 e. The van der Waals surface area contributed by atoms with Gasteiger partial charge in [0.15, 0.2) is 4.32 Å². The Balaban J connectivity index is 1.79. The Morgan fingerprint density at radius 1 is 1.21 bits per heavy atom. The zero-order valence-electron chi connectivity index (χ0n) is 15.5. The van der Waals surface area contributed by atoms with E-state index in [9.17, 15) is 9.59 Å². The lowest BCUT2D eigenvalue weighted by Gasteiger charge is -2.16. The molecule has 1 fully saturated rings. The molecule has 7 heteroatoms. The highest BCUT2D eigenvalue weighted by molar-refractivity contribution is 8.26. The van der Waals surface area contributed by atoms with Gasteiger partial charge in [-0.15, -0.1) is 0 Å². The van der Waals surface area contributed by atoms with Crippen molar-refractivity contribution in [3.63, 3.8) is 0 Å². The predicted molar refractivity (Wildman–Crippen MR) is 116 cm³/mol. The van der Waals surface area contributed by atoms with Crippen LogP contribution in [0.5, 0.6) is 5.75 Å². The molecule has 0 spiro atoms. The summed E-state index contributed by atoms with van der Waals surface area (Å²) < 4.78 is 6.21. The van der Waals surface area contributed by atoms with E-state index in [0.29, 0.717) is 16.2 Å². The summed E-state index contributed by atoms with van der Waals surface area (Å²) in [6.07, 6.45) is 2.68. The van der Waals surface area contributed by atoms with Gasteiger partial charge in [-0.2, -0.15) is 5.01 Å². The second-order valence-electron chi connectivity index (χ2n) is 6.20. The van der Waals surface area contributed by atoms with Crippen molar-refractivity contribution in [2.75, 3.05) is 0 Å². The lowest BCUT2D eigenvalue weighted by molar-refractivity contribution is -0.123. The number of nitrogens with zero attached hydrogens (tertiary/aromatic N) is 1. The number of carbonyl (C=O) groups excluding carboxylic acids is 2. The van der Waals surface area contributed by atoms with Crippen molar-refractivity contribution in [2.24, 2.45) is 0 Å². The standard InChI is InChI=1S/C21H20N2O3S2/c1-3-14(2)26-17-12-8-7-11-16(17)13-18-20(25)23(21(27)28-18)22-19(24)15-9-5-4-6-10-15/h4-14H,3H2,1-2H3,(H,22,24). The third kappa shape index (κ3) is 4.61. The van der Waals surface area contributed by atoms with E-state index in [1.54, 1.807) is 30.3 Å². The summed E-state index contributed by atoms with van der Waals surface area (Å²) in [4.78, 5) is 25.6. The molecule has 1 aliphatic rings. The number of thioether (sulfide) groups is 1. The van der Waals surface area contributed by atoms with Gasteiger partial charge in [0.05, 0.1) is 11.0 Å². The number of rotatable bonds is 6. The van der Waals surface area contributed by atoms with Gasteiger partial charge in [0.25, 0.3) is 11.8 Å². The average molecular weight is 413 g/mol. The van der Waals surface area contributed by atoms with Crippen LogP contribution in [0.3, 0.4) is 0 Å². The largest absolute Gasteiger partial charge is 0.490 e. The number of nitrogens with one attached hydrogen (secondary N) is 1. The summed E-state index contributed by atoms with van der Waals surface area (Å²) in [6, 6.07) is 16.2. The van der Waals surface area contributed by atoms with Crippen molar-refractivity contribution >= 4 is 46.2 Å². The summed E-state index contributed by atoms with van der Waals surface area (Å²) in [5.41, 5.74) is 3.82. The van der Waals surface area contributed by atoms with Crippen LogP contribution in [0.25, 0.3) is 6.08 Å². The summed E-state index contributed by atoms with van der Waals surface area (Å²) in [5, 5.41) is 1.11.